The second-order valence-corrected chi connectivity index (χ2v) is 2.30. The molecule has 0 saturated carbocycles. The van der Waals surface area contributed by atoms with E-state index in [-0.39, 0.29) is 5.69 Å². The maximum absolute atomic E-state index is 11.0. The average Bonchev–Trinajstić information content (AvgIpc) is 2.18. The van der Waals surface area contributed by atoms with E-state index in [4.69, 9.17) is 4.74 Å². The SMILES string of the molecule is CCOc1ccc(C(=O)OC)nc1. The van der Waals surface area contributed by atoms with Gasteiger partial charge in [-0.05, 0) is 19.1 Å². The maximum Gasteiger partial charge on any atom is 0.356 e. The Hall–Kier alpha value is -1.58. The number of hydrogen-bond acceptors (Lipinski definition) is 4. The summed E-state index contributed by atoms with van der Waals surface area (Å²) in [6.45, 7) is 2.47. The summed E-state index contributed by atoms with van der Waals surface area (Å²) >= 11 is 0. The Balaban J connectivity index is 2.75. The van der Waals surface area contributed by atoms with Crippen molar-refractivity contribution < 1.29 is 14.3 Å². The van der Waals surface area contributed by atoms with E-state index < -0.39 is 5.97 Å². The minimum absolute atomic E-state index is 0.283. The molecule has 4 nitrogen and oxygen atoms in total. The van der Waals surface area contributed by atoms with Crippen molar-refractivity contribution in [2.45, 2.75) is 6.92 Å². The van der Waals surface area contributed by atoms with Gasteiger partial charge in [-0.25, -0.2) is 9.78 Å². The average molecular weight is 181 g/mol. The standard InChI is InChI=1S/C9H11NO3/c1-3-13-7-4-5-8(10-6-7)9(11)12-2/h4-6H,3H2,1-2H3. The lowest BCUT2D eigenvalue weighted by molar-refractivity contribution is 0.0594. The lowest BCUT2D eigenvalue weighted by Crippen LogP contribution is -2.03. The van der Waals surface area contributed by atoms with Gasteiger partial charge in [0.25, 0.3) is 0 Å². The normalized spacial score (nSPS) is 9.38. The third-order valence-corrected chi connectivity index (χ3v) is 1.44. The van der Waals surface area contributed by atoms with E-state index in [0.29, 0.717) is 12.4 Å². The van der Waals surface area contributed by atoms with E-state index >= 15 is 0 Å². The summed E-state index contributed by atoms with van der Waals surface area (Å²) in [6.07, 6.45) is 1.50. The summed E-state index contributed by atoms with van der Waals surface area (Å²) in [5, 5.41) is 0. The van der Waals surface area contributed by atoms with Gasteiger partial charge in [-0.15, -0.1) is 0 Å². The number of nitrogens with zero attached hydrogens (tertiary/aromatic N) is 1. The number of ether oxygens (including phenoxy) is 2. The van der Waals surface area contributed by atoms with Crippen molar-refractivity contribution in [1.82, 2.24) is 4.98 Å². The van der Waals surface area contributed by atoms with Gasteiger partial charge in [0.1, 0.15) is 11.4 Å². The fourth-order valence-corrected chi connectivity index (χ4v) is 0.858. The van der Waals surface area contributed by atoms with Gasteiger partial charge in [-0.3, -0.25) is 0 Å². The van der Waals surface area contributed by atoms with Crippen molar-refractivity contribution in [2.75, 3.05) is 13.7 Å². The highest BCUT2D eigenvalue weighted by Gasteiger charge is 2.05. The van der Waals surface area contributed by atoms with Crippen LogP contribution in [0, 0.1) is 0 Å². The minimum Gasteiger partial charge on any atom is -0.492 e. The molecule has 0 N–H and O–H groups in total. The Morgan fingerprint density at radius 3 is 2.77 bits per heavy atom. The van der Waals surface area contributed by atoms with Gasteiger partial charge in [-0.1, -0.05) is 0 Å². The molecule has 0 amide bonds. The molecule has 0 radical (unpaired) electrons. The van der Waals surface area contributed by atoms with Crippen LogP contribution in [-0.4, -0.2) is 24.7 Å². The molecule has 0 saturated heterocycles. The van der Waals surface area contributed by atoms with Crippen LogP contribution in [0.15, 0.2) is 18.3 Å². The predicted octanol–water partition coefficient (Wildman–Crippen LogP) is 1.27. The van der Waals surface area contributed by atoms with Crippen molar-refractivity contribution in [1.29, 1.82) is 0 Å². The molecule has 0 aliphatic rings. The summed E-state index contributed by atoms with van der Waals surface area (Å²) in [5.74, 6) is 0.207. The van der Waals surface area contributed by atoms with Crippen molar-refractivity contribution >= 4 is 5.97 Å². The van der Waals surface area contributed by atoms with Crippen LogP contribution in [0.5, 0.6) is 5.75 Å². The van der Waals surface area contributed by atoms with Gasteiger partial charge in [0.2, 0.25) is 0 Å². The number of esters is 1. The summed E-state index contributed by atoms with van der Waals surface area (Å²) in [4.78, 5) is 14.8. The van der Waals surface area contributed by atoms with E-state index in [1.165, 1.54) is 13.3 Å². The number of carbonyl (C=O) groups is 1. The van der Waals surface area contributed by atoms with Crippen LogP contribution in [0.1, 0.15) is 17.4 Å². The van der Waals surface area contributed by atoms with Crippen LogP contribution in [0.3, 0.4) is 0 Å². The second kappa shape index (κ2) is 4.45. The van der Waals surface area contributed by atoms with E-state index in [0.717, 1.165) is 0 Å². The maximum atomic E-state index is 11.0. The van der Waals surface area contributed by atoms with Crippen molar-refractivity contribution in [3.05, 3.63) is 24.0 Å². The van der Waals surface area contributed by atoms with Gasteiger partial charge in [0.05, 0.1) is 19.9 Å². The van der Waals surface area contributed by atoms with Crippen LogP contribution >= 0.6 is 0 Å². The zero-order valence-corrected chi connectivity index (χ0v) is 7.61. The highest BCUT2D eigenvalue weighted by Crippen LogP contribution is 2.09. The first-order chi connectivity index (χ1) is 6.27. The Kier molecular flexibility index (Phi) is 3.25. The van der Waals surface area contributed by atoms with Gasteiger partial charge in [0.15, 0.2) is 0 Å². The largest absolute Gasteiger partial charge is 0.492 e. The first-order valence-corrected chi connectivity index (χ1v) is 3.95. The van der Waals surface area contributed by atoms with Crippen LogP contribution in [0.2, 0.25) is 0 Å². The molecule has 70 valence electrons. The Labute approximate surface area is 76.5 Å². The molecule has 13 heavy (non-hydrogen) atoms. The second-order valence-electron chi connectivity index (χ2n) is 2.30. The van der Waals surface area contributed by atoms with E-state index in [1.807, 2.05) is 6.92 Å². The fraction of sp³-hybridized carbons (Fsp3) is 0.333. The molecular formula is C9H11NO3. The number of rotatable bonds is 3. The number of carbonyl (C=O) groups excluding carboxylic acids is 1. The fourth-order valence-electron chi connectivity index (χ4n) is 0.858. The highest BCUT2D eigenvalue weighted by molar-refractivity contribution is 5.87. The Morgan fingerprint density at radius 2 is 2.31 bits per heavy atom. The Morgan fingerprint density at radius 1 is 1.54 bits per heavy atom. The number of hydrogen-bond donors (Lipinski definition) is 0. The molecule has 4 heteroatoms. The molecule has 0 aliphatic heterocycles. The number of pyridine rings is 1. The van der Waals surface area contributed by atoms with Crippen molar-refractivity contribution in [3.63, 3.8) is 0 Å². The van der Waals surface area contributed by atoms with E-state index in [2.05, 4.69) is 9.72 Å². The van der Waals surface area contributed by atoms with Crippen LogP contribution in [0.25, 0.3) is 0 Å². The molecule has 1 aromatic rings. The molecule has 0 aromatic carbocycles. The summed E-state index contributed by atoms with van der Waals surface area (Å²) < 4.78 is 9.65. The van der Waals surface area contributed by atoms with E-state index in [1.54, 1.807) is 12.1 Å². The highest BCUT2D eigenvalue weighted by atomic mass is 16.5. The van der Waals surface area contributed by atoms with Gasteiger partial charge in [0, 0.05) is 0 Å². The predicted molar refractivity (Wildman–Crippen MR) is 46.7 cm³/mol. The molecule has 0 aliphatic carbocycles. The summed E-state index contributed by atoms with van der Waals surface area (Å²) in [7, 11) is 1.32. The monoisotopic (exact) mass is 181 g/mol. The topological polar surface area (TPSA) is 48.4 Å². The number of methoxy groups -OCH3 is 1. The zero-order chi connectivity index (χ0) is 9.68. The van der Waals surface area contributed by atoms with Gasteiger partial charge >= 0.3 is 5.97 Å². The molecule has 0 spiro atoms. The molecule has 0 bridgehead atoms. The molecule has 0 unspecified atom stereocenters. The van der Waals surface area contributed by atoms with Crippen molar-refractivity contribution in [2.24, 2.45) is 0 Å². The van der Waals surface area contributed by atoms with Gasteiger partial charge in [-0.2, -0.15) is 0 Å². The van der Waals surface area contributed by atoms with E-state index in [9.17, 15) is 4.79 Å². The zero-order valence-electron chi connectivity index (χ0n) is 7.61. The Bertz CT molecular complexity index is 281. The molecule has 1 rings (SSSR count). The van der Waals surface area contributed by atoms with Crippen molar-refractivity contribution in [3.8, 4) is 5.75 Å². The molecule has 0 fully saturated rings. The summed E-state index contributed by atoms with van der Waals surface area (Å²) in [6, 6.07) is 3.25. The first kappa shape index (κ1) is 9.51. The van der Waals surface area contributed by atoms with Crippen LogP contribution in [-0.2, 0) is 4.74 Å². The molecular weight excluding hydrogens is 170 g/mol. The molecule has 1 aromatic heterocycles. The first-order valence-electron chi connectivity index (χ1n) is 3.95. The third-order valence-electron chi connectivity index (χ3n) is 1.44. The third kappa shape index (κ3) is 2.43. The minimum atomic E-state index is -0.442. The molecule has 0 atom stereocenters. The van der Waals surface area contributed by atoms with Crippen LogP contribution in [0.4, 0.5) is 0 Å². The quantitative estimate of drug-likeness (QED) is 0.659. The lowest BCUT2D eigenvalue weighted by atomic mass is 10.3. The lowest BCUT2D eigenvalue weighted by Gasteiger charge is -2.02. The smallest absolute Gasteiger partial charge is 0.356 e. The van der Waals surface area contributed by atoms with Crippen LogP contribution < -0.4 is 4.74 Å². The number of aromatic nitrogens is 1. The summed E-state index contributed by atoms with van der Waals surface area (Å²) in [5.41, 5.74) is 0.283. The molecule has 1 heterocycles. The van der Waals surface area contributed by atoms with Gasteiger partial charge < -0.3 is 9.47 Å².